The maximum atomic E-state index is 12.5. The van der Waals surface area contributed by atoms with Crippen molar-refractivity contribution in [1.29, 1.82) is 0 Å². The van der Waals surface area contributed by atoms with Gasteiger partial charge in [0.25, 0.3) is 11.6 Å². The van der Waals surface area contributed by atoms with E-state index in [2.05, 4.69) is 20.6 Å². The average molecular weight is 444 g/mol. The van der Waals surface area contributed by atoms with Crippen molar-refractivity contribution in [2.75, 3.05) is 12.4 Å². The van der Waals surface area contributed by atoms with Gasteiger partial charge in [-0.3, -0.25) is 14.9 Å². The molecule has 4 rings (SSSR count). The number of methoxy groups -OCH3 is 1. The molecule has 1 amide bonds. The van der Waals surface area contributed by atoms with Gasteiger partial charge in [-0.1, -0.05) is 18.2 Å². The van der Waals surface area contributed by atoms with E-state index in [0.29, 0.717) is 28.5 Å². The predicted molar refractivity (Wildman–Crippen MR) is 120 cm³/mol. The molecule has 0 radical (unpaired) electrons. The first-order valence-electron chi connectivity index (χ1n) is 9.59. The highest BCUT2D eigenvalue weighted by molar-refractivity contribution is 6.04. The van der Waals surface area contributed by atoms with Gasteiger partial charge in [0.15, 0.2) is 5.82 Å². The number of amides is 1. The summed E-state index contributed by atoms with van der Waals surface area (Å²) in [4.78, 5) is 38.0. The van der Waals surface area contributed by atoms with Crippen LogP contribution in [0.3, 0.4) is 0 Å². The molecule has 11 heteroatoms. The van der Waals surface area contributed by atoms with Gasteiger partial charge < -0.3 is 10.1 Å². The number of non-ortho nitro benzene ring substituents is 1. The van der Waals surface area contributed by atoms with E-state index < -0.39 is 10.8 Å². The number of carbonyl (C=O) groups is 1. The Morgan fingerprint density at radius 2 is 1.85 bits per heavy atom. The van der Waals surface area contributed by atoms with Gasteiger partial charge in [0.05, 0.1) is 17.7 Å². The van der Waals surface area contributed by atoms with Gasteiger partial charge in [-0.2, -0.15) is 4.98 Å². The lowest BCUT2D eigenvalue weighted by Crippen LogP contribution is -2.12. The lowest BCUT2D eigenvalue weighted by atomic mass is 10.2. The first-order valence-corrected chi connectivity index (χ1v) is 9.59. The van der Waals surface area contributed by atoms with Crippen molar-refractivity contribution in [3.05, 3.63) is 93.4 Å². The molecule has 3 aromatic carbocycles. The van der Waals surface area contributed by atoms with Crippen LogP contribution >= 0.6 is 0 Å². The number of nitroso groups, excluding NO2 is 1. The number of hydrogen-bond acceptors (Lipinski definition) is 8. The van der Waals surface area contributed by atoms with E-state index in [9.17, 15) is 19.8 Å². The van der Waals surface area contributed by atoms with E-state index in [1.807, 2.05) is 0 Å². The summed E-state index contributed by atoms with van der Waals surface area (Å²) in [5.74, 6) is 0.284. The Morgan fingerprint density at radius 1 is 1.09 bits per heavy atom. The van der Waals surface area contributed by atoms with Crippen molar-refractivity contribution < 1.29 is 14.5 Å². The van der Waals surface area contributed by atoms with Crippen LogP contribution in [0.5, 0.6) is 5.75 Å². The number of anilines is 1. The van der Waals surface area contributed by atoms with Crippen LogP contribution in [0.4, 0.5) is 17.3 Å². The summed E-state index contributed by atoms with van der Waals surface area (Å²) < 4.78 is 6.70. The number of carbonyl (C=O) groups excluding carboxylic acids is 1. The van der Waals surface area contributed by atoms with E-state index in [1.165, 1.54) is 28.9 Å². The molecule has 0 saturated heterocycles. The number of nitro benzene ring substituents is 1. The molecule has 0 unspecified atom stereocenters. The van der Waals surface area contributed by atoms with E-state index in [0.717, 1.165) is 0 Å². The fourth-order valence-corrected chi connectivity index (χ4v) is 3.12. The second-order valence-electron chi connectivity index (χ2n) is 6.78. The van der Waals surface area contributed by atoms with E-state index in [1.54, 1.807) is 55.6 Å². The first kappa shape index (κ1) is 21.3. The highest BCUT2D eigenvalue weighted by atomic mass is 16.6. The lowest BCUT2D eigenvalue weighted by molar-refractivity contribution is -0.384. The second kappa shape index (κ2) is 9.06. The van der Waals surface area contributed by atoms with Gasteiger partial charge >= 0.3 is 5.95 Å². The van der Waals surface area contributed by atoms with Crippen LogP contribution in [0, 0.1) is 15.0 Å². The Bertz CT molecular complexity index is 1350. The number of nitrogens with zero attached hydrogens (tertiary/aromatic N) is 5. The summed E-state index contributed by atoms with van der Waals surface area (Å²) >= 11 is 0. The number of benzene rings is 3. The molecule has 0 aliphatic rings. The smallest absolute Gasteiger partial charge is 0.310 e. The normalized spacial score (nSPS) is 10.5. The Morgan fingerprint density at radius 3 is 2.55 bits per heavy atom. The summed E-state index contributed by atoms with van der Waals surface area (Å²) in [6.45, 7) is 0. The second-order valence-corrected chi connectivity index (χ2v) is 6.78. The SMILES string of the molecule is COc1cccc(-c2nc(N=O)nn2-c2ccc(NC(=O)c3cccc([N+](=O)[O-])c3)cc2)c1. The third kappa shape index (κ3) is 4.56. The van der Waals surface area contributed by atoms with Gasteiger partial charge in [-0.15, -0.1) is 10.0 Å². The van der Waals surface area contributed by atoms with Crippen LogP contribution in [0.25, 0.3) is 17.1 Å². The quantitative estimate of drug-likeness (QED) is 0.251. The third-order valence-corrected chi connectivity index (χ3v) is 4.69. The molecule has 11 nitrogen and oxygen atoms in total. The monoisotopic (exact) mass is 444 g/mol. The zero-order chi connectivity index (χ0) is 23.4. The van der Waals surface area contributed by atoms with Crippen LogP contribution in [0.2, 0.25) is 0 Å². The average Bonchev–Trinajstić information content (AvgIpc) is 3.29. The Kier molecular flexibility index (Phi) is 5.85. The molecule has 1 N–H and O–H groups in total. The van der Waals surface area contributed by atoms with Crippen molar-refractivity contribution in [3.63, 3.8) is 0 Å². The first-order chi connectivity index (χ1) is 16.0. The van der Waals surface area contributed by atoms with Crippen LogP contribution in [-0.2, 0) is 0 Å². The molecular weight excluding hydrogens is 428 g/mol. The number of hydrogen-bond donors (Lipinski definition) is 1. The predicted octanol–water partition coefficient (Wildman–Crippen LogP) is 4.50. The summed E-state index contributed by atoms with van der Waals surface area (Å²) in [5, 5.41) is 20.6. The summed E-state index contributed by atoms with van der Waals surface area (Å²) in [5.41, 5.74) is 1.69. The highest BCUT2D eigenvalue weighted by Crippen LogP contribution is 2.27. The zero-order valence-corrected chi connectivity index (χ0v) is 17.2. The van der Waals surface area contributed by atoms with Gasteiger partial charge in [0.2, 0.25) is 0 Å². The lowest BCUT2D eigenvalue weighted by Gasteiger charge is -2.09. The summed E-state index contributed by atoms with van der Waals surface area (Å²) in [7, 11) is 1.54. The van der Waals surface area contributed by atoms with Gasteiger partial charge in [-0.25, -0.2) is 4.68 Å². The molecule has 0 aliphatic carbocycles. The van der Waals surface area contributed by atoms with Crippen LogP contribution in [0.1, 0.15) is 10.4 Å². The minimum atomic E-state index is -0.563. The maximum Gasteiger partial charge on any atom is 0.310 e. The minimum absolute atomic E-state index is 0.159. The number of nitro groups is 1. The van der Waals surface area contributed by atoms with E-state index in [-0.39, 0.29) is 17.2 Å². The molecule has 0 atom stereocenters. The zero-order valence-electron chi connectivity index (χ0n) is 17.2. The number of ether oxygens (including phenoxy) is 1. The third-order valence-electron chi connectivity index (χ3n) is 4.69. The van der Waals surface area contributed by atoms with Gasteiger partial charge in [-0.05, 0) is 42.5 Å². The number of rotatable bonds is 7. The molecule has 0 saturated carbocycles. The molecule has 0 bridgehead atoms. The fraction of sp³-hybridized carbons (Fsp3) is 0.0455. The van der Waals surface area contributed by atoms with Crippen LogP contribution in [-0.4, -0.2) is 32.7 Å². The molecule has 0 fully saturated rings. The van der Waals surface area contributed by atoms with Crippen molar-refractivity contribution >= 4 is 23.2 Å². The summed E-state index contributed by atoms with van der Waals surface area (Å²) in [6.07, 6.45) is 0. The molecule has 0 aliphatic heterocycles. The molecule has 0 spiro atoms. The standard InChI is InChI=1S/C22H16N6O5/c1-33-19-7-3-4-14(13-19)20-24-22(26-30)25-27(20)17-10-8-16(9-11-17)23-21(29)15-5-2-6-18(12-15)28(31)32/h2-13H,1H3,(H,23,29). The van der Waals surface area contributed by atoms with Crippen molar-refractivity contribution in [2.24, 2.45) is 5.18 Å². The Hall–Kier alpha value is -4.93. The van der Waals surface area contributed by atoms with Crippen molar-refractivity contribution in [2.45, 2.75) is 0 Å². The molecule has 33 heavy (non-hydrogen) atoms. The number of nitrogens with one attached hydrogen (secondary N) is 1. The van der Waals surface area contributed by atoms with Gasteiger partial charge in [0.1, 0.15) is 5.75 Å². The minimum Gasteiger partial charge on any atom is -0.497 e. The molecule has 4 aromatic rings. The Labute approximate surface area is 186 Å². The maximum absolute atomic E-state index is 12.5. The highest BCUT2D eigenvalue weighted by Gasteiger charge is 2.16. The van der Waals surface area contributed by atoms with E-state index >= 15 is 0 Å². The van der Waals surface area contributed by atoms with Crippen molar-refractivity contribution in [3.8, 4) is 22.8 Å². The van der Waals surface area contributed by atoms with Crippen molar-refractivity contribution in [1.82, 2.24) is 14.8 Å². The van der Waals surface area contributed by atoms with Crippen LogP contribution in [0.15, 0.2) is 78.0 Å². The molecule has 1 heterocycles. The van der Waals surface area contributed by atoms with Gasteiger partial charge in [0, 0.05) is 34.1 Å². The number of aromatic nitrogens is 3. The molecule has 1 aromatic heterocycles. The topological polar surface area (TPSA) is 142 Å². The molecule has 164 valence electrons. The van der Waals surface area contributed by atoms with E-state index in [4.69, 9.17) is 4.74 Å². The largest absolute Gasteiger partial charge is 0.497 e. The Balaban J connectivity index is 1.60. The molecular formula is C22H16N6O5. The fourth-order valence-electron chi connectivity index (χ4n) is 3.12. The summed E-state index contributed by atoms with van der Waals surface area (Å²) in [6, 6.07) is 19.2. The van der Waals surface area contributed by atoms with Crippen LogP contribution < -0.4 is 10.1 Å².